The van der Waals surface area contributed by atoms with Crippen molar-refractivity contribution in [3.63, 3.8) is 0 Å². The van der Waals surface area contributed by atoms with Gasteiger partial charge in [0.1, 0.15) is 0 Å². The summed E-state index contributed by atoms with van der Waals surface area (Å²) in [5.41, 5.74) is 6.33. The maximum Gasteiger partial charge on any atom is 0.0661 e. The maximum atomic E-state index is 6.20. The van der Waals surface area contributed by atoms with E-state index in [2.05, 4.69) is 9.80 Å². The standard InChI is InChI=1S/C17H33N3O/c1-21-14-17(13-18,16-4-5-16)20-10-6-15(7-11-20)12-19-8-2-3-9-19/h15-16H,2-14,18H2,1H3. The van der Waals surface area contributed by atoms with Gasteiger partial charge in [0.15, 0.2) is 0 Å². The molecule has 0 aromatic carbocycles. The molecular formula is C17H33N3O. The van der Waals surface area contributed by atoms with Crippen molar-refractivity contribution in [2.75, 3.05) is 53.0 Å². The van der Waals surface area contributed by atoms with Crippen LogP contribution in [0.5, 0.6) is 0 Å². The van der Waals surface area contributed by atoms with Gasteiger partial charge in [-0.3, -0.25) is 4.90 Å². The Hall–Kier alpha value is -0.160. The van der Waals surface area contributed by atoms with Gasteiger partial charge in [0.2, 0.25) is 0 Å². The summed E-state index contributed by atoms with van der Waals surface area (Å²) in [6, 6.07) is 0. The van der Waals surface area contributed by atoms with Crippen molar-refractivity contribution in [3.05, 3.63) is 0 Å². The first-order valence-electron chi connectivity index (χ1n) is 8.95. The van der Waals surface area contributed by atoms with Crippen molar-refractivity contribution < 1.29 is 4.74 Å². The van der Waals surface area contributed by atoms with Crippen LogP contribution in [0.25, 0.3) is 0 Å². The molecule has 0 aromatic heterocycles. The summed E-state index contributed by atoms with van der Waals surface area (Å²) in [6.45, 7) is 7.99. The lowest BCUT2D eigenvalue weighted by atomic mass is 9.86. The quantitative estimate of drug-likeness (QED) is 0.774. The number of ether oxygens (including phenoxy) is 1. The Balaban J connectivity index is 1.53. The SMILES string of the molecule is COCC(CN)(C1CC1)N1CCC(CN2CCCC2)CC1. The van der Waals surface area contributed by atoms with Crippen LogP contribution >= 0.6 is 0 Å². The van der Waals surface area contributed by atoms with Crippen LogP contribution in [0.1, 0.15) is 38.5 Å². The fourth-order valence-electron chi connectivity index (χ4n) is 4.58. The van der Waals surface area contributed by atoms with Gasteiger partial charge in [-0.05, 0) is 76.5 Å². The van der Waals surface area contributed by atoms with Crippen molar-refractivity contribution in [2.24, 2.45) is 17.6 Å². The molecule has 0 spiro atoms. The lowest BCUT2D eigenvalue weighted by Crippen LogP contribution is -2.60. The van der Waals surface area contributed by atoms with Gasteiger partial charge >= 0.3 is 0 Å². The molecule has 1 atom stereocenters. The second kappa shape index (κ2) is 6.95. The molecule has 1 saturated carbocycles. The summed E-state index contributed by atoms with van der Waals surface area (Å²) < 4.78 is 5.56. The van der Waals surface area contributed by atoms with E-state index in [1.807, 2.05) is 7.11 Å². The number of hydrogen-bond acceptors (Lipinski definition) is 4. The lowest BCUT2D eigenvalue weighted by molar-refractivity contribution is -0.0213. The van der Waals surface area contributed by atoms with E-state index >= 15 is 0 Å². The molecule has 2 heterocycles. The van der Waals surface area contributed by atoms with Gasteiger partial charge in [-0.25, -0.2) is 0 Å². The van der Waals surface area contributed by atoms with Crippen molar-refractivity contribution in [1.82, 2.24) is 9.80 Å². The Bertz CT molecular complexity index is 320. The topological polar surface area (TPSA) is 41.7 Å². The van der Waals surface area contributed by atoms with E-state index in [9.17, 15) is 0 Å². The molecule has 0 aromatic rings. The summed E-state index contributed by atoms with van der Waals surface area (Å²) in [7, 11) is 1.83. The summed E-state index contributed by atoms with van der Waals surface area (Å²) >= 11 is 0. The van der Waals surface area contributed by atoms with Crippen LogP contribution in [-0.4, -0.2) is 68.3 Å². The van der Waals surface area contributed by atoms with Crippen LogP contribution < -0.4 is 5.73 Å². The molecule has 1 aliphatic carbocycles. The first-order valence-corrected chi connectivity index (χ1v) is 8.95. The van der Waals surface area contributed by atoms with Gasteiger partial charge in [0.05, 0.1) is 12.1 Å². The number of nitrogens with zero attached hydrogens (tertiary/aromatic N) is 2. The molecule has 2 saturated heterocycles. The second-order valence-corrected chi connectivity index (χ2v) is 7.45. The second-order valence-electron chi connectivity index (χ2n) is 7.45. The Morgan fingerprint density at radius 3 is 2.24 bits per heavy atom. The Labute approximate surface area is 130 Å². The number of nitrogens with two attached hydrogens (primary N) is 1. The number of rotatable bonds is 7. The number of methoxy groups -OCH3 is 1. The van der Waals surface area contributed by atoms with E-state index in [-0.39, 0.29) is 5.54 Å². The fourth-order valence-corrected chi connectivity index (χ4v) is 4.58. The predicted octanol–water partition coefficient (Wildman–Crippen LogP) is 1.55. The average molecular weight is 295 g/mol. The van der Waals surface area contributed by atoms with E-state index in [4.69, 9.17) is 10.5 Å². The average Bonchev–Trinajstić information content (AvgIpc) is 3.25. The minimum Gasteiger partial charge on any atom is -0.383 e. The van der Waals surface area contributed by atoms with Crippen molar-refractivity contribution in [3.8, 4) is 0 Å². The predicted molar refractivity (Wildman–Crippen MR) is 86.4 cm³/mol. The van der Waals surface area contributed by atoms with E-state index < -0.39 is 0 Å². The third kappa shape index (κ3) is 3.44. The molecule has 4 nitrogen and oxygen atoms in total. The normalized spacial score (nSPS) is 28.9. The Morgan fingerprint density at radius 1 is 1.05 bits per heavy atom. The third-order valence-electron chi connectivity index (χ3n) is 6.04. The molecule has 2 aliphatic heterocycles. The highest BCUT2D eigenvalue weighted by Gasteiger charge is 2.49. The van der Waals surface area contributed by atoms with Gasteiger partial charge in [-0.15, -0.1) is 0 Å². The molecule has 2 N–H and O–H groups in total. The summed E-state index contributed by atoms with van der Waals surface area (Å²) in [4.78, 5) is 5.35. The smallest absolute Gasteiger partial charge is 0.0661 e. The molecule has 4 heteroatoms. The van der Waals surface area contributed by atoms with Crippen LogP contribution in [0.4, 0.5) is 0 Å². The minimum atomic E-state index is 0.132. The Morgan fingerprint density at radius 2 is 1.71 bits per heavy atom. The molecule has 3 rings (SSSR count). The van der Waals surface area contributed by atoms with Crippen molar-refractivity contribution in [1.29, 1.82) is 0 Å². The summed E-state index contributed by atoms with van der Waals surface area (Å²) in [5.74, 6) is 1.68. The lowest BCUT2D eigenvalue weighted by Gasteiger charge is -2.47. The zero-order valence-corrected chi connectivity index (χ0v) is 13.7. The van der Waals surface area contributed by atoms with Gasteiger partial charge in [0, 0.05) is 20.2 Å². The van der Waals surface area contributed by atoms with Crippen molar-refractivity contribution in [2.45, 2.75) is 44.1 Å². The van der Waals surface area contributed by atoms with Crippen LogP contribution in [0, 0.1) is 11.8 Å². The third-order valence-corrected chi connectivity index (χ3v) is 6.04. The number of piperidine rings is 1. The molecule has 0 amide bonds. The van der Waals surface area contributed by atoms with E-state index in [0.29, 0.717) is 0 Å². The molecule has 122 valence electrons. The molecule has 3 aliphatic rings. The van der Waals surface area contributed by atoms with Gasteiger partial charge < -0.3 is 15.4 Å². The Kier molecular flexibility index (Phi) is 5.20. The highest BCUT2D eigenvalue weighted by atomic mass is 16.5. The van der Waals surface area contributed by atoms with Crippen molar-refractivity contribution >= 4 is 0 Å². The number of hydrogen-bond donors (Lipinski definition) is 1. The zero-order chi connectivity index (χ0) is 14.7. The van der Waals surface area contributed by atoms with Crippen LogP contribution in [0.3, 0.4) is 0 Å². The van der Waals surface area contributed by atoms with Gasteiger partial charge in [0.25, 0.3) is 0 Å². The first-order chi connectivity index (χ1) is 10.3. The van der Waals surface area contributed by atoms with E-state index in [1.54, 1.807) is 0 Å². The number of likely N-dealkylation sites (tertiary alicyclic amines) is 2. The largest absolute Gasteiger partial charge is 0.383 e. The maximum absolute atomic E-state index is 6.20. The summed E-state index contributed by atoms with van der Waals surface area (Å²) in [6.07, 6.45) is 8.18. The highest BCUT2D eigenvalue weighted by molar-refractivity contribution is 5.04. The fraction of sp³-hybridized carbons (Fsp3) is 1.00. The molecule has 0 bridgehead atoms. The molecule has 0 radical (unpaired) electrons. The van der Waals surface area contributed by atoms with Crippen LogP contribution in [0.2, 0.25) is 0 Å². The molecule has 1 unspecified atom stereocenters. The van der Waals surface area contributed by atoms with Crippen LogP contribution in [-0.2, 0) is 4.74 Å². The van der Waals surface area contributed by atoms with Crippen LogP contribution in [0.15, 0.2) is 0 Å². The van der Waals surface area contributed by atoms with E-state index in [1.165, 1.54) is 71.2 Å². The van der Waals surface area contributed by atoms with Gasteiger partial charge in [-0.2, -0.15) is 0 Å². The zero-order valence-electron chi connectivity index (χ0n) is 13.7. The summed E-state index contributed by atoms with van der Waals surface area (Å²) in [5, 5.41) is 0. The highest BCUT2D eigenvalue weighted by Crippen LogP contribution is 2.44. The van der Waals surface area contributed by atoms with Gasteiger partial charge in [-0.1, -0.05) is 0 Å². The molecular weight excluding hydrogens is 262 g/mol. The monoisotopic (exact) mass is 295 g/mol. The minimum absolute atomic E-state index is 0.132. The first kappa shape index (κ1) is 15.7. The molecule has 3 fully saturated rings. The molecule has 21 heavy (non-hydrogen) atoms. The van der Waals surface area contributed by atoms with E-state index in [0.717, 1.165) is 25.0 Å².